The number of benzene rings is 2. The maximum atomic E-state index is 11.8. The van der Waals surface area contributed by atoms with Gasteiger partial charge >= 0.3 is 0 Å². The van der Waals surface area contributed by atoms with E-state index in [1.165, 1.54) is 11.3 Å². The number of rotatable bonds is 7. The summed E-state index contributed by atoms with van der Waals surface area (Å²) >= 11 is 1.43. The Morgan fingerprint density at radius 2 is 1.72 bits per heavy atom. The van der Waals surface area contributed by atoms with Crippen LogP contribution in [0.2, 0.25) is 0 Å². The molecule has 1 N–H and O–H groups in total. The lowest BCUT2D eigenvalue weighted by molar-refractivity contribution is -0.118. The fraction of sp³-hybridized carbons (Fsp3) is 0.158. The number of ether oxygens (including phenoxy) is 2. The zero-order valence-corrected chi connectivity index (χ0v) is 14.6. The summed E-state index contributed by atoms with van der Waals surface area (Å²) in [6.45, 7) is 2.38. The van der Waals surface area contributed by atoms with E-state index in [9.17, 15) is 4.79 Å². The molecule has 0 unspecified atom stereocenters. The molecule has 6 heteroatoms. The van der Waals surface area contributed by atoms with Crippen molar-refractivity contribution in [3.8, 4) is 11.5 Å². The molecule has 25 heavy (non-hydrogen) atoms. The molecule has 0 aliphatic carbocycles. The molecule has 0 aliphatic rings. The second-order valence-corrected chi connectivity index (χ2v) is 6.59. The van der Waals surface area contributed by atoms with E-state index in [0.717, 1.165) is 16.2 Å². The normalized spacial score (nSPS) is 10.3. The van der Waals surface area contributed by atoms with Crippen molar-refractivity contribution in [2.45, 2.75) is 13.5 Å². The predicted molar refractivity (Wildman–Crippen MR) is 98.2 cm³/mol. The van der Waals surface area contributed by atoms with Gasteiger partial charge in [0.1, 0.15) is 18.1 Å². The van der Waals surface area contributed by atoms with Crippen LogP contribution in [0.1, 0.15) is 10.4 Å². The zero-order chi connectivity index (χ0) is 17.5. The smallest absolute Gasteiger partial charge is 0.264 e. The molecule has 128 valence electrons. The van der Waals surface area contributed by atoms with Crippen molar-refractivity contribution in [3.05, 3.63) is 71.2 Å². The van der Waals surface area contributed by atoms with Gasteiger partial charge in [-0.3, -0.25) is 10.1 Å². The van der Waals surface area contributed by atoms with Gasteiger partial charge in [-0.1, -0.05) is 30.3 Å². The Morgan fingerprint density at radius 1 is 1.04 bits per heavy atom. The lowest BCUT2D eigenvalue weighted by Gasteiger charge is -2.08. The second kappa shape index (κ2) is 8.30. The van der Waals surface area contributed by atoms with Gasteiger partial charge in [0.25, 0.3) is 5.91 Å². The average Bonchev–Trinajstić information content (AvgIpc) is 3.04. The SMILES string of the molecule is Cc1cnc(NC(=O)COc2ccc(OCc3ccccc3)cc2)s1. The molecule has 0 bridgehead atoms. The van der Waals surface area contributed by atoms with Crippen LogP contribution in [0.3, 0.4) is 0 Å². The minimum Gasteiger partial charge on any atom is -0.489 e. The molecule has 0 fully saturated rings. The van der Waals surface area contributed by atoms with Crippen molar-refractivity contribution in [1.82, 2.24) is 4.98 Å². The van der Waals surface area contributed by atoms with E-state index in [2.05, 4.69) is 10.3 Å². The van der Waals surface area contributed by atoms with Crippen molar-refractivity contribution in [3.63, 3.8) is 0 Å². The van der Waals surface area contributed by atoms with Crippen molar-refractivity contribution >= 4 is 22.4 Å². The summed E-state index contributed by atoms with van der Waals surface area (Å²) in [7, 11) is 0. The van der Waals surface area contributed by atoms with Crippen LogP contribution in [0.4, 0.5) is 5.13 Å². The van der Waals surface area contributed by atoms with E-state index in [1.54, 1.807) is 18.3 Å². The average molecular weight is 354 g/mol. The quantitative estimate of drug-likeness (QED) is 0.695. The summed E-state index contributed by atoms with van der Waals surface area (Å²) in [5.74, 6) is 1.12. The maximum absolute atomic E-state index is 11.8. The number of carbonyl (C=O) groups is 1. The van der Waals surface area contributed by atoms with Crippen LogP contribution in [-0.2, 0) is 11.4 Å². The summed E-state index contributed by atoms with van der Waals surface area (Å²) in [6, 6.07) is 17.2. The van der Waals surface area contributed by atoms with E-state index in [1.807, 2.05) is 49.4 Å². The van der Waals surface area contributed by atoms with Gasteiger partial charge in [0.2, 0.25) is 0 Å². The molecule has 5 nitrogen and oxygen atoms in total. The zero-order valence-electron chi connectivity index (χ0n) is 13.8. The number of thiazole rings is 1. The maximum Gasteiger partial charge on any atom is 0.264 e. The molecule has 1 amide bonds. The summed E-state index contributed by atoms with van der Waals surface area (Å²) in [5, 5.41) is 3.28. The first-order valence-corrected chi connectivity index (χ1v) is 8.62. The van der Waals surface area contributed by atoms with Crippen molar-refractivity contribution in [2.75, 3.05) is 11.9 Å². The first kappa shape index (κ1) is 17.0. The minimum absolute atomic E-state index is 0.0666. The monoisotopic (exact) mass is 354 g/mol. The number of carbonyl (C=O) groups excluding carboxylic acids is 1. The van der Waals surface area contributed by atoms with Gasteiger partial charge in [-0.15, -0.1) is 11.3 Å². The number of nitrogens with one attached hydrogen (secondary N) is 1. The number of aromatic nitrogens is 1. The first-order chi connectivity index (χ1) is 12.2. The molecular formula is C19H18N2O3S. The second-order valence-electron chi connectivity index (χ2n) is 5.36. The number of hydrogen-bond acceptors (Lipinski definition) is 5. The van der Waals surface area contributed by atoms with Gasteiger partial charge in [-0.05, 0) is 36.8 Å². The van der Waals surface area contributed by atoms with Crippen LogP contribution in [-0.4, -0.2) is 17.5 Å². The molecule has 0 atom stereocenters. The van der Waals surface area contributed by atoms with Crippen molar-refractivity contribution in [1.29, 1.82) is 0 Å². The topological polar surface area (TPSA) is 60.5 Å². The van der Waals surface area contributed by atoms with Gasteiger partial charge in [0, 0.05) is 11.1 Å². The Morgan fingerprint density at radius 3 is 2.36 bits per heavy atom. The fourth-order valence-electron chi connectivity index (χ4n) is 2.09. The molecule has 0 radical (unpaired) electrons. The number of aryl methyl sites for hydroxylation is 1. The number of nitrogens with zero attached hydrogens (tertiary/aromatic N) is 1. The molecule has 1 heterocycles. The molecule has 3 rings (SSSR count). The summed E-state index contributed by atoms with van der Waals surface area (Å²) < 4.78 is 11.2. The van der Waals surface area contributed by atoms with Crippen LogP contribution in [0.5, 0.6) is 11.5 Å². The largest absolute Gasteiger partial charge is 0.489 e. The molecule has 0 saturated heterocycles. The predicted octanol–water partition coefficient (Wildman–Crippen LogP) is 4.05. The molecular weight excluding hydrogens is 336 g/mol. The van der Waals surface area contributed by atoms with Crippen molar-refractivity contribution in [2.24, 2.45) is 0 Å². The van der Waals surface area contributed by atoms with Crippen molar-refractivity contribution < 1.29 is 14.3 Å². The summed E-state index contributed by atoms with van der Waals surface area (Å²) in [4.78, 5) is 17.0. The molecule has 2 aromatic carbocycles. The lowest BCUT2D eigenvalue weighted by Crippen LogP contribution is -2.19. The molecule has 3 aromatic rings. The van der Waals surface area contributed by atoms with Gasteiger partial charge in [0.05, 0.1) is 0 Å². The Balaban J connectivity index is 1.45. The standard InChI is InChI=1S/C19H18N2O3S/c1-14-11-20-19(25-14)21-18(22)13-24-17-9-7-16(8-10-17)23-12-15-5-3-2-4-6-15/h2-11H,12-13H2,1H3,(H,20,21,22). The Hall–Kier alpha value is -2.86. The molecule has 0 saturated carbocycles. The van der Waals surface area contributed by atoms with E-state index in [-0.39, 0.29) is 12.5 Å². The fourth-order valence-corrected chi connectivity index (χ4v) is 2.77. The highest BCUT2D eigenvalue weighted by Gasteiger charge is 2.06. The first-order valence-electron chi connectivity index (χ1n) is 7.81. The van der Waals surface area contributed by atoms with Crippen LogP contribution < -0.4 is 14.8 Å². The highest BCUT2D eigenvalue weighted by Crippen LogP contribution is 2.19. The highest BCUT2D eigenvalue weighted by atomic mass is 32.1. The Labute approximate surface area is 150 Å². The van der Waals surface area contributed by atoms with E-state index in [0.29, 0.717) is 17.5 Å². The molecule has 1 aromatic heterocycles. The molecule has 0 aliphatic heterocycles. The summed E-state index contributed by atoms with van der Waals surface area (Å²) in [6.07, 6.45) is 1.72. The van der Waals surface area contributed by atoms with Crippen LogP contribution in [0.25, 0.3) is 0 Å². The Kier molecular flexibility index (Phi) is 5.64. The van der Waals surface area contributed by atoms with E-state index < -0.39 is 0 Å². The van der Waals surface area contributed by atoms with Gasteiger partial charge in [-0.25, -0.2) is 4.98 Å². The Bertz CT molecular complexity index is 816. The third kappa shape index (κ3) is 5.32. The van der Waals surface area contributed by atoms with Gasteiger partial charge in [-0.2, -0.15) is 0 Å². The number of amides is 1. The van der Waals surface area contributed by atoms with E-state index in [4.69, 9.17) is 9.47 Å². The molecule has 0 spiro atoms. The summed E-state index contributed by atoms with van der Waals surface area (Å²) in [5.41, 5.74) is 1.11. The number of hydrogen-bond donors (Lipinski definition) is 1. The lowest BCUT2D eigenvalue weighted by atomic mass is 10.2. The van der Waals surface area contributed by atoms with Gasteiger partial charge in [0.15, 0.2) is 11.7 Å². The number of anilines is 1. The van der Waals surface area contributed by atoms with Crippen LogP contribution >= 0.6 is 11.3 Å². The highest BCUT2D eigenvalue weighted by molar-refractivity contribution is 7.15. The van der Waals surface area contributed by atoms with Gasteiger partial charge < -0.3 is 9.47 Å². The third-order valence-corrected chi connectivity index (χ3v) is 4.14. The van der Waals surface area contributed by atoms with Crippen LogP contribution in [0.15, 0.2) is 60.8 Å². The third-order valence-electron chi connectivity index (χ3n) is 3.31. The van der Waals surface area contributed by atoms with Crippen LogP contribution in [0, 0.1) is 6.92 Å². The minimum atomic E-state index is -0.237. The van der Waals surface area contributed by atoms with E-state index >= 15 is 0 Å².